The number of anilines is 2. The van der Waals surface area contributed by atoms with Gasteiger partial charge in [-0.1, -0.05) is 6.07 Å². The SMILES string of the molecule is CC(=O)Nc1ccc(S(=O)(=O)N(C)c2cccc(F)c2)cc1. The molecular formula is C15H15FN2O3S. The van der Waals surface area contributed by atoms with Crippen LogP contribution >= 0.6 is 0 Å². The number of hydrogen-bond acceptors (Lipinski definition) is 3. The van der Waals surface area contributed by atoms with Crippen molar-refractivity contribution in [2.24, 2.45) is 0 Å². The van der Waals surface area contributed by atoms with Crippen molar-refractivity contribution in [2.75, 3.05) is 16.7 Å². The van der Waals surface area contributed by atoms with Gasteiger partial charge in [-0.25, -0.2) is 12.8 Å². The summed E-state index contributed by atoms with van der Waals surface area (Å²) in [6.45, 7) is 1.36. The van der Waals surface area contributed by atoms with E-state index >= 15 is 0 Å². The van der Waals surface area contributed by atoms with Crippen LogP contribution in [0.4, 0.5) is 15.8 Å². The number of carbonyl (C=O) groups excluding carboxylic acids is 1. The fourth-order valence-electron chi connectivity index (χ4n) is 1.88. The van der Waals surface area contributed by atoms with Crippen LogP contribution in [0, 0.1) is 5.82 Å². The lowest BCUT2D eigenvalue weighted by molar-refractivity contribution is -0.114. The van der Waals surface area contributed by atoms with Gasteiger partial charge >= 0.3 is 0 Å². The number of hydrogen-bond donors (Lipinski definition) is 1. The molecule has 7 heteroatoms. The summed E-state index contributed by atoms with van der Waals surface area (Å²) in [5.41, 5.74) is 0.728. The number of sulfonamides is 1. The minimum Gasteiger partial charge on any atom is -0.326 e. The molecule has 0 saturated heterocycles. The number of halogens is 1. The van der Waals surface area contributed by atoms with E-state index in [-0.39, 0.29) is 16.5 Å². The molecule has 0 radical (unpaired) electrons. The Morgan fingerprint density at radius 1 is 1.14 bits per heavy atom. The van der Waals surface area contributed by atoms with E-state index in [4.69, 9.17) is 0 Å². The van der Waals surface area contributed by atoms with E-state index in [0.717, 1.165) is 10.4 Å². The maximum atomic E-state index is 13.2. The molecule has 0 aliphatic heterocycles. The molecule has 5 nitrogen and oxygen atoms in total. The van der Waals surface area contributed by atoms with Gasteiger partial charge in [-0.15, -0.1) is 0 Å². The molecule has 0 aliphatic rings. The average molecular weight is 322 g/mol. The van der Waals surface area contributed by atoms with Crippen LogP contribution in [0.25, 0.3) is 0 Å². The summed E-state index contributed by atoms with van der Waals surface area (Å²) >= 11 is 0. The van der Waals surface area contributed by atoms with Crippen LogP contribution in [0.1, 0.15) is 6.92 Å². The maximum absolute atomic E-state index is 13.2. The molecule has 0 saturated carbocycles. The van der Waals surface area contributed by atoms with E-state index in [9.17, 15) is 17.6 Å². The van der Waals surface area contributed by atoms with Crippen molar-refractivity contribution in [3.63, 3.8) is 0 Å². The second-order valence-electron chi connectivity index (χ2n) is 4.66. The van der Waals surface area contributed by atoms with Crippen molar-refractivity contribution in [3.05, 3.63) is 54.3 Å². The summed E-state index contributed by atoms with van der Waals surface area (Å²) < 4.78 is 39.2. The Labute approximate surface area is 128 Å². The van der Waals surface area contributed by atoms with E-state index in [0.29, 0.717) is 5.69 Å². The van der Waals surface area contributed by atoms with E-state index in [1.165, 1.54) is 56.4 Å². The molecule has 0 bridgehead atoms. The predicted octanol–water partition coefficient (Wildman–Crippen LogP) is 2.61. The fourth-order valence-corrected chi connectivity index (χ4v) is 3.07. The third-order valence-electron chi connectivity index (χ3n) is 3.00. The van der Waals surface area contributed by atoms with Crippen molar-refractivity contribution in [1.29, 1.82) is 0 Å². The zero-order chi connectivity index (χ0) is 16.3. The van der Waals surface area contributed by atoms with E-state index < -0.39 is 15.8 Å². The van der Waals surface area contributed by atoms with Crippen molar-refractivity contribution >= 4 is 27.3 Å². The number of nitrogens with one attached hydrogen (secondary N) is 1. The third-order valence-corrected chi connectivity index (χ3v) is 4.80. The second kappa shape index (κ2) is 6.15. The Bertz CT molecular complexity index is 789. The normalized spacial score (nSPS) is 11.0. The first-order chi connectivity index (χ1) is 10.3. The van der Waals surface area contributed by atoms with Crippen LogP contribution < -0.4 is 9.62 Å². The summed E-state index contributed by atoms with van der Waals surface area (Å²) in [4.78, 5) is 11.0. The Kier molecular flexibility index (Phi) is 4.46. The molecule has 2 aromatic rings. The zero-order valence-corrected chi connectivity index (χ0v) is 12.9. The smallest absolute Gasteiger partial charge is 0.264 e. The quantitative estimate of drug-likeness (QED) is 0.941. The van der Waals surface area contributed by atoms with Crippen molar-refractivity contribution in [3.8, 4) is 0 Å². The highest BCUT2D eigenvalue weighted by atomic mass is 32.2. The van der Waals surface area contributed by atoms with Crippen LogP contribution in [-0.2, 0) is 14.8 Å². The maximum Gasteiger partial charge on any atom is 0.264 e. The lowest BCUT2D eigenvalue weighted by Gasteiger charge is -2.19. The Morgan fingerprint density at radius 2 is 1.77 bits per heavy atom. The minimum absolute atomic E-state index is 0.0494. The van der Waals surface area contributed by atoms with Gasteiger partial charge in [-0.3, -0.25) is 9.10 Å². The average Bonchev–Trinajstić information content (AvgIpc) is 2.46. The summed E-state index contributed by atoms with van der Waals surface area (Å²) in [6.07, 6.45) is 0. The van der Waals surface area contributed by atoms with Crippen LogP contribution in [0.15, 0.2) is 53.4 Å². The third kappa shape index (κ3) is 3.43. The highest BCUT2D eigenvalue weighted by molar-refractivity contribution is 7.92. The Balaban J connectivity index is 2.31. The van der Waals surface area contributed by atoms with Gasteiger partial charge in [0.05, 0.1) is 10.6 Å². The number of rotatable bonds is 4. The molecule has 0 atom stereocenters. The molecule has 2 rings (SSSR count). The van der Waals surface area contributed by atoms with E-state index in [2.05, 4.69) is 5.32 Å². The Hall–Kier alpha value is -2.41. The van der Waals surface area contributed by atoms with Gasteiger partial charge in [0.1, 0.15) is 5.82 Å². The van der Waals surface area contributed by atoms with Crippen molar-refractivity contribution < 1.29 is 17.6 Å². The lowest BCUT2D eigenvalue weighted by atomic mass is 10.3. The van der Waals surface area contributed by atoms with Crippen LogP contribution in [0.2, 0.25) is 0 Å². The summed E-state index contributed by atoms with van der Waals surface area (Å²) in [5.74, 6) is -0.756. The fraction of sp³-hybridized carbons (Fsp3) is 0.133. The van der Waals surface area contributed by atoms with Gasteiger partial charge in [0.2, 0.25) is 5.91 Å². The van der Waals surface area contributed by atoms with Crippen LogP contribution in [0.5, 0.6) is 0 Å². The predicted molar refractivity (Wildman–Crippen MR) is 82.7 cm³/mol. The second-order valence-corrected chi connectivity index (χ2v) is 6.63. The molecule has 0 aromatic heterocycles. The first-order valence-corrected chi connectivity index (χ1v) is 7.87. The molecule has 0 aliphatic carbocycles. The molecule has 22 heavy (non-hydrogen) atoms. The number of carbonyl (C=O) groups is 1. The largest absolute Gasteiger partial charge is 0.326 e. The first-order valence-electron chi connectivity index (χ1n) is 6.43. The molecule has 1 N–H and O–H groups in total. The molecule has 2 aromatic carbocycles. The lowest BCUT2D eigenvalue weighted by Crippen LogP contribution is -2.26. The summed E-state index contributed by atoms with van der Waals surface area (Å²) in [7, 11) is -2.45. The molecule has 0 fully saturated rings. The van der Waals surface area contributed by atoms with Gasteiger partial charge in [0.25, 0.3) is 10.0 Å². The Morgan fingerprint density at radius 3 is 2.32 bits per heavy atom. The summed E-state index contributed by atoms with van der Waals surface area (Å²) in [5, 5.41) is 2.55. The minimum atomic E-state index is -3.80. The highest BCUT2D eigenvalue weighted by Gasteiger charge is 2.21. The first kappa shape index (κ1) is 16.0. The molecule has 0 heterocycles. The van der Waals surface area contributed by atoms with Gasteiger partial charge < -0.3 is 5.32 Å². The van der Waals surface area contributed by atoms with E-state index in [1.54, 1.807) is 0 Å². The molecule has 116 valence electrons. The zero-order valence-electron chi connectivity index (χ0n) is 12.1. The highest BCUT2D eigenvalue weighted by Crippen LogP contribution is 2.23. The molecule has 0 spiro atoms. The molecule has 1 amide bonds. The monoisotopic (exact) mass is 322 g/mol. The van der Waals surface area contributed by atoms with Gasteiger partial charge in [-0.05, 0) is 42.5 Å². The number of nitrogens with zero attached hydrogens (tertiary/aromatic N) is 1. The van der Waals surface area contributed by atoms with Gasteiger partial charge in [0, 0.05) is 19.7 Å². The van der Waals surface area contributed by atoms with Crippen LogP contribution in [0.3, 0.4) is 0 Å². The van der Waals surface area contributed by atoms with E-state index in [1.807, 2.05) is 0 Å². The topological polar surface area (TPSA) is 66.5 Å². The van der Waals surface area contributed by atoms with Gasteiger partial charge in [0.15, 0.2) is 0 Å². The number of amides is 1. The van der Waals surface area contributed by atoms with Crippen molar-refractivity contribution in [1.82, 2.24) is 0 Å². The van der Waals surface area contributed by atoms with Gasteiger partial charge in [-0.2, -0.15) is 0 Å². The van der Waals surface area contributed by atoms with Crippen molar-refractivity contribution in [2.45, 2.75) is 11.8 Å². The molecule has 0 unspecified atom stereocenters. The summed E-state index contributed by atoms with van der Waals surface area (Å²) in [6, 6.07) is 11.1. The number of benzene rings is 2. The standard InChI is InChI=1S/C15H15FN2O3S/c1-11(19)17-13-6-8-15(9-7-13)22(20,21)18(2)14-5-3-4-12(16)10-14/h3-10H,1-2H3,(H,17,19). The van der Waals surface area contributed by atoms with Crippen LogP contribution in [-0.4, -0.2) is 21.4 Å². The molecular weight excluding hydrogens is 307 g/mol.